The largest absolute Gasteiger partial charge is 0.515 e. The van der Waals surface area contributed by atoms with E-state index in [-0.39, 0.29) is 5.57 Å². The first-order valence-electron chi connectivity index (χ1n) is 10.5. The van der Waals surface area contributed by atoms with Gasteiger partial charge in [0.05, 0.1) is 18.4 Å². The van der Waals surface area contributed by atoms with E-state index in [2.05, 4.69) is 10.3 Å². The molecule has 2 rings (SSSR count). The third-order valence-electron chi connectivity index (χ3n) is 5.61. The number of aliphatic carboxylic acids is 1. The average Bonchev–Trinajstić information content (AvgIpc) is 2.74. The van der Waals surface area contributed by atoms with Crippen molar-refractivity contribution < 1.29 is 19.8 Å². The number of nitrogens with one attached hydrogen (secondary N) is 1. The molecule has 0 aromatic heterocycles. The fourth-order valence-corrected chi connectivity index (χ4v) is 3.71. The number of allylic oxidation sites excluding steroid dienone is 1. The van der Waals surface area contributed by atoms with E-state index in [1.165, 1.54) is 5.56 Å². The molecular formula is C24H32N2O4. The van der Waals surface area contributed by atoms with Crippen LogP contribution in [0.15, 0.2) is 52.7 Å². The summed E-state index contributed by atoms with van der Waals surface area (Å²) in [7, 11) is 0. The summed E-state index contributed by atoms with van der Waals surface area (Å²) < 4.78 is 0. The van der Waals surface area contributed by atoms with Crippen molar-refractivity contribution in [2.75, 3.05) is 0 Å². The lowest BCUT2D eigenvalue weighted by Crippen LogP contribution is -2.55. The van der Waals surface area contributed by atoms with Crippen LogP contribution in [0.25, 0.3) is 0 Å². The Kier molecular flexibility index (Phi) is 8.39. The number of hydrogen-bond donors (Lipinski definition) is 3. The lowest BCUT2D eigenvalue weighted by atomic mass is 9.81. The molecule has 1 fully saturated rings. The first-order valence-corrected chi connectivity index (χ1v) is 10.5. The second-order valence-electron chi connectivity index (χ2n) is 7.92. The van der Waals surface area contributed by atoms with Crippen molar-refractivity contribution in [3.05, 3.63) is 58.9 Å². The minimum Gasteiger partial charge on any atom is -0.515 e. The molecule has 0 saturated heterocycles. The molecule has 0 bridgehead atoms. The van der Waals surface area contributed by atoms with E-state index < -0.39 is 17.4 Å². The Bertz CT molecular complexity index is 844. The SMILES string of the molecule is CCC(=NCc1ccc(C)cc1)C(C)=CC(=CO)C(=O)NC1(C(=O)O)CCCCC1. The van der Waals surface area contributed by atoms with Crippen LogP contribution >= 0.6 is 0 Å². The molecule has 1 amide bonds. The molecule has 0 heterocycles. The van der Waals surface area contributed by atoms with Gasteiger partial charge in [-0.3, -0.25) is 9.79 Å². The number of aliphatic hydroxyl groups is 1. The molecule has 0 aliphatic heterocycles. The van der Waals surface area contributed by atoms with E-state index in [9.17, 15) is 19.8 Å². The van der Waals surface area contributed by atoms with Crippen LogP contribution in [-0.4, -0.2) is 33.3 Å². The Hall–Kier alpha value is -2.89. The maximum Gasteiger partial charge on any atom is 0.329 e. The maximum atomic E-state index is 12.7. The molecule has 1 aromatic carbocycles. The van der Waals surface area contributed by atoms with Crippen LogP contribution in [0.3, 0.4) is 0 Å². The summed E-state index contributed by atoms with van der Waals surface area (Å²) in [6, 6.07) is 8.15. The van der Waals surface area contributed by atoms with Crippen molar-refractivity contribution in [3.63, 3.8) is 0 Å². The van der Waals surface area contributed by atoms with E-state index in [1.807, 2.05) is 45.0 Å². The lowest BCUT2D eigenvalue weighted by molar-refractivity contribution is -0.148. The monoisotopic (exact) mass is 412 g/mol. The normalized spacial score (nSPS) is 17.5. The number of carbonyl (C=O) groups is 2. The van der Waals surface area contributed by atoms with E-state index in [0.29, 0.717) is 25.8 Å². The second kappa shape index (κ2) is 10.8. The van der Waals surface area contributed by atoms with Gasteiger partial charge in [-0.2, -0.15) is 0 Å². The molecule has 0 atom stereocenters. The van der Waals surface area contributed by atoms with Gasteiger partial charge in [-0.1, -0.05) is 56.0 Å². The van der Waals surface area contributed by atoms with Gasteiger partial charge in [0.2, 0.25) is 0 Å². The molecule has 1 saturated carbocycles. The molecule has 0 unspecified atom stereocenters. The van der Waals surface area contributed by atoms with Gasteiger partial charge in [-0.05, 0) is 50.3 Å². The van der Waals surface area contributed by atoms with Gasteiger partial charge in [0, 0.05) is 5.71 Å². The number of aliphatic imine (C=N–C) groups is 1. The minimum absolute atomic E-state index is 0.0233. The Morgan fingerprint density at radius 1 is 1.17 bits per heavy atom. The van der Waals surface area contributed by atoms with Gasteiger partial charge >= 0.3 is 5.97 Å². The summed E-state index contributed by atoms with van der Waals surface area (Å²) in [6.45, 7) is 6.38. The van der Waals surface area contributed by atoms with Crippen LogP contribution in [0.5, 0.6) is 0 Å². The summed E-state index contributed by atoms with van der Waals surface area (Å²) in [6.07, 6.45) is 6.23. The molecule has 6 heteroatoms. The zero-order valence-electron chi connectivity index (χ0n) is 18.1. The van der Waals surface area contributed by atoms with Crippen LogP contribution in [0, 0.1) is 6.92 Å². The smallest absolute Gasteiger partial charge is 0.329 e. The number of aliphatic hydroxyl groups excluding tert-OH is 1. The van der Waals surface area contributed by atoms with Crippen LogP contribution < -0.4 is 5.32 Å². The van der Waals surface area contributed by atoms with Crippen molar-refractivity contribution in [1.82, 2.24) is 5.32 Å². The number of hydrogen-bond acceptors (Lipinski definition) is 4. The summed E-state index contributed by atoms with van der Waals surface area (Å²) in [5.74, 6) is -1.61. The van der Waals surface area contributed by atoms with Gasteiger partial charge in [0.25, 0.3) is 5.91 Å². The number of benzene rings is 1. The topological polar surface area (TPSA) is 99.0 Å². The number of aryl methyl sites for hydroxylation is 1. The maximum absolute atomic E-state index is 12.7. The zero-order chi connectivity index (χ0) is 22.1. The summed E-state index contributed by atoms with van der Waals surface area (Å²) in [4.78, 5) is 29.2. The van der Waals surface area contributed by atoms with Crippen molar-refractivity contribution >= 4 is 17.6 Å². The second-order valence-corrected chi connectivity index (χ2v) is 7.92. The average molecular weight is 413 g/mol. The lowest BCUT2D eigenvalue weighted by Gasteiger charge is -2.34. The molecular weight excluding hydrogens is 380 g/mol. The van der Waals surface area contributed by atoms with Crippen molar-refractivity contribution in [2.45, 2.75) is 71.4 Å². The third-order valence-corrected chi connectivity index (χ3v) is 5.61. The Labute approximate surface area is 178 Å². The highest BCUT2D eigenvalue weighted by Gasteiger charge is 2.41. The predicted molar refractivity (Wildman–Crippen MR) is 119 cm³/mol. The highest BCUT2D eigenvalue weighted by Crippen LogP contribution is 2.29. The molecule has 1 aliphatic carbocycles. The standard InChI is InChI=1S/C24H32N2O4/c1-4-21(25-15-19-10-8-17(2)9-11-19)18(3)14-20(16-27)22(28)26-24(23(29)30)12-6-5-7-13-24/h8-11,14,16,27H,4-7,12-13,15H2,1-3H3,(H,26,28)(H,29,30). The number of rotatable bonds is 8. The predicted octanol–water partition coefficient (Wildman–Crippen LogP) is 4.64. The Morgan fingerprint density at radius 2 is 1.80 bits per heavy atom. The fraction of sp³-hybridized carbons (Fsp3) is 0.458. The zero-order valence-corrected chi connectivity index (χ0v) is 18.1. The number of carboxylic acid groups (broad SMARTS) is 1. The van der Waals surface area contributed by atoms with Gasteiger partial charge < -0.3 is 15.5 Å². The molecule has 6 nitrogen and oxygen atoms in total. The Balaban J connectivity index is 2.15. The van der Waals surface area contributed by atoms with Crippen molar-refractivity contribution in [1.29, 1.82) is 0 Å². The summed E-state index contributed by atoms with van der Waals surface area (Å²) >= 11 is 0. The van der Waals surface area contributed by atoms with Crippen LogP contribution in [-0.2, 0) is 16.1 Å². The molecule has 1 aliphatic rings. The quantitative estimate of drug-likeness (QED) is 0.251. The molecule has 0 spiro atoms. The highest BCUT2D eigenvalue weighted by atomic mass is 16.4. The van der Waals surface area contributed by atoms with Crippen molar-refractivity contribution in [3.8, 4) is 0 Å². The molecule has 3 N–H and O–H groups in total. The Morgan fingerprint density at radius 3 is 2.33 bits per heavy atom. The van der Waals surface area contributed by atoms with Crippen LogP contribution in [0.2, 0.25) is 0 Å². The number of nitrogens with zero attached hydrogens (tertiary/aromatic N) is 1. The number of carbonyl (C=O) groups excluding carboxylic acids is 1. The van der Waals surface area contributed by atoms with Gasteiger partial charge in [-0.25, -0.2) is 4.79 Å². The summed E-state index contributed by atoms with van der Waals surface area (Å²) in [5.41, 5.74) is 2.63. The molecule has 1 aromatic rings. The number of carboxylic acids is 1. The summed E-state index contributed by atoms with van der Waals surface area (Å²) in [5, 5.41) is 22.0. The first-order chi connectivity index (χ1) is 14.3. The van der Waals surface area contributed by atoms with Gasteiger partial charge in [0.1, 0.15) is 5.54 Å². The minimum atomic E-state index is -1.27. The van der Waals surface area contributed by atoms with Gasteiger partial charge in [-0.15, -0.1) is 0 Å². The fourth-order valence-electron chi connectivity index (χ4n) is 3.71. The van der Waals surface area contributed by atoms with Crippen LogP contribution in [0.4, 0.5) is 0 Å². The molecule has 162 valence electrons. The van der Waals surface area contributed by atoms with E-state index >= 15 is 0 Å². The van der Waals surface area contributed by atoms with Crippen LogP contribution in [0.1, 0.15) is 63.5 Å². The highest BCUT2D eigenvalue weighted by molar-refractivity contribution is 6.04. The van der Waals surface area contributed by atoms with E-state index in [1.54, 1.807) is 6.08 Å². The third kappa shape index (κ3) is 6.05. The van der Waals surface area contributed by atoms with Crippen molar-refractivity contribution in [2.24, 2.45) is 4.99 Å². The van der Waals surface area contributed by atoms with Gasteiger partial charge in [0.15, 0.2) is 0 Å². The molecule has 0 radical (unpaired) electrons. The first kappa shape index (κ1) is 23.4. The molecule has 30 heavy (non-hydrogen) atoms. The van der Waals surface area contributed by atoms with E-state index in [0.717, 1.165) is 42.4 Å². The van der Waals surface area contributed by atoms with E-state index in [4.69, 9.17) is 0 Å². The number of amides is 1.